The van der Waals surface area contributed by atoms with Gasteiger partial charge in [0.15, 0.2) is 0 Å². The number of anilines is 1. The largest absolute Gasteiger partial charge is 0.356 e. The molecule has 0 spiro atoms. The van der Waals surface area contributed by atoms with Crippen LogP contribution in [0.1, 0.15) is 34.3 Å². The Morgan fingerprint density at radius 3 is 2.60 bits per heavy atom. The lowest BCUT2D eigenvalue weighted by Gasteiger charge is -2.33. The zero-order valence-electron chi connectivity index (χ0n) is 20.4. The highest BCUT2D eigenvalue weighted by molar-refractivity contribution is 5.96. The van der Waals surface area contributed by atoms with Crippen molar-refractivity contribution in [1.82, 2.24) is 25.5 Å². The molecule has 2 aliphatic rings. The standard InChI is InChI=1S/C28H34N6O/c1-21-4-6-23(17-26(21)24-3-2-10-30-19-24)28(35)32-25-8-13-34(14-9-25)27-7-5-22(18-31-27)20-33-15-11-29-12-16-33/h2-7,10,17-19,25,29H,8-9,11-16,20H2,1H3,(H,32,35). The lowest BCUT2D eigenvalue weighted by Crippen LogP contribution is -2.45. The molecule has 0 unspecified atom stereocenters. The van der Waals surface area contributed by atoms with E-state index >= 15 is 0 Å². The van der Waals surface area contributed by atoms with E-state index in [0.29, 0.717) is 5.56 Å². The second-order valence-corrected chi connectivity index (χ2v) is 9.56. The van der Waals surface area contributed by atoms with E-state index in [0.717, 1.165) is 81.2 Å². The molecule has 2 aromatic heterocycles. The van der Waals surface area contributed by atoms with Gasteiger partial charge in [0.25, 0.3) is 5.91 Å². The SMILES string of the molecule is Cc1ccc(C(=O)NC2CCN(c3ccc(CN4CCNCC4)cn3)CC2)cc1-c1cccnc1. The monoisotopic (exact) mass is 470 g/mol. The molecule has 4 heterocycles. The van der Waals surface area contributed by atoms with Crippen molar-refractivity contribution in [2.24, 2.45) is 0 Å². The highest BCUT2D eigenvalue weighted by Gasteiger charge is 2.22. The Morgan fingerprint density at radius 1 is 1.06 bits per heavy atom. The van der Waals surface area contributed by atoms with Crippen LogP contribution in [-0.2, 0) is 6.54 Å². The number of aryl methyl sites for hydroxylation is 1. The number of nitrogens with zero attached hydrogens (tertiary/aromatic N) is 4. The van der Waals surface area contributed by atoms with Crippen LogP contribution in [0.5, 0.6) is 0 Å². The third-order valence-corrected chi connectivity index (χ3v) is 7.05. The molecule has 0 bridgehead atoms. The number of hydrogen-bond donors (Lipinski definition) is 2. The van der Waals surface area contributed by atoms with Gasteiger partial charge in [-0.3, -0.25) is 14.7 Å². The lowest BCUT2D eigenvalue weighted by molar-refractivity contribution is 0.0931. The summed E-state index contributed by atoms with van der Waals surface area (Å²) in [4.78, 5) is 26.7. The molecule has 1 amide bonds. The minimum Gasteiger partial charge on any atom is -0.356 e. The van der Waals surface area contributed by atoms with Gasteiger partial charge >= 0.3 is 0 Å². The number of carbonyl (C=O) groups excluding carboxylic acids is 1. The van der Waals surface area contributed by atoms with Crippen LogP contribution in [0.15, 0.2) is 61.1 Å². The van der Waals surface area contributed by atoms with Crippen LogP contribution >= 0.6 is 0 Å². The predicted molar refractivity (Wildman–Crippen MR) is 139 cm³/mol. The summed E-state index contributed by atoms with van der Waals surface area (Å²) >= 11 is 0. The number of benzene rings is 1. The van der Waals surface area contributed by atoms with Crippen LogP contribution in [0.4, 0.5) is 5.82 Å². The molecule has 5 rings (SSSR count). The number of pyridine rings is 2. The first-order valence-corrected chi connectivity index (χ1v) is 12.6. The fourth-order valence-electron chi connectivity index (χ4n) is 4.94. The topological polar surface area (TPSA) is 73.4 Å². The molecule has 1 aromatic carbocycles. The van der Waals surface area contributed by atoms with Crippen molar-refractivity contribution in [3.05, 3.63) is 77.7 Å². The van der Waals surface area contributed by atoms with Gasteiger partial charge in [0, 0.05) is 81.6 Å². The molecule has 2 saturated heterocycles. The minimum absolute atomic E-state index is 0.0102. The number of carbonyl (C=O) groups is 1. The Balaban J connectivity index is 1.14. The van der Waals surface area contributed by atoms with E-state index in [1.54, 1.807) is 6.20 Å². The zero-order valence-corrected chi connectivity index (χ0v) is 20.4. The Morgan fingerprint density at radius 2 is 1.89 bits per heavy atom. The maximum Gasteiger partial charge on any atom is 0.251 e. The normalized spacial score (nSPS) is 17.3. The summed E-state index contributed by atoms with van der Waals surface area (Å²) in [6, 6.07) is 14.4. The Labute approximate surface area is 207 Å². The van der Waals surface area contributed by atoms with Crippen molar-refractivity contribution in [3.8, 4) is 11.1 Å². The third-order valence-electron chi connectivity index (χ3n) is 7.05. The molecule has 3 aromatic rings. The fraction of sp³-hybridized carbons (Fsp3) is 0.393. The van der Waals surface area contributed by atoms with Gasteiger partial charge < -0.3 is 15.5 Å². The highest BCUT2D eigenvalue weighted by Crippen LogP contribution is 2.24. The summed E-state index contributed by atoms with van der Waals surface area (Å²) in [6.07, 6.45) is 7.45. The average Bonchev–Trinajstić information content (AvgIpc) is 2.91. The van der Waals surface area contributed by atoms with Gasteiger partial charge in [-0.1, -0.05) is 18.2 Å². The molecule has 2 fully saturated rings. The summed E-state index contributed by atoms with van der Waals surface area (Å²) in [5, 5.41) is 6.64. The van der Waals surface area contributed by atoms with Crippen LogP contribution in [-0.4, -0.2) is 66.1 Å². The summed E-state index contributed by atoms with van der Waals surface area (Å²) in [6.45, 7) is 9.12. The van der Waals surface area contributed by atoms with Gasteiger partial charge in [0.05, 0.1) is 0 Å². The second-order valence-electron chi connectivity index (χ2n) is 9.56. The van der Waals surface area contributed by atoms with Crippen molar-refractivity contribution in [2.75, 3.05) is 44.2 Å². The molecular weight excluding hydrogens is 436 g/mol. The van der Waals surface area contributed by atoms with E-state index in [9.17, 15) is 4.79 Å². The van der Waals surface area contributed by atoms with Gasteiger partial charge in [-0.15, -0.1) is 0 Å². The quantitative estimate of drug-likeness (QED) is 0.576. The van der Waals surface area contributed by atoms with Gasteiger partial charge in [-0.05, 0) is 60.7 Å². The summed E-state index contributed by atoms with van der Waals surface area (Å²) < 4.78 is 0. The van der Waals surface area contributed by atoms with Crippen molar-refractivity contribution < 1.29 is 4.79 Å². The van der Waals surface area contributed by atoms with Crippen molar-refractivity contribution in [2.45, 2.75) is 32.4 Å². The smallest absolute Gasteiger partial charge is 0.251 e. The number of nitrogens with one attached hydrogen (secondary N) is 2. The number of rotatable bonds is 6. The number of amides is 1. The van der Waals surface area contributed by atoms with E-state index in [1.807, 2.05) is 42.7 Å². The zero-order chi connectivity index (χ0) is 24.0. The number of aromatic nitrogens is 2. The van der Waals surface area contributed by atoms with E-state index < -0.39 is 0 Å². The molecule has 2 aliphatic heterocycles. The summed E-state index contributed by atoms with van der Waals surface area (Å²) in [5.41, 5.74) is 5.17. The highest BCUT2D eigenvalue weighted by atomic mass is 16.1. The molecule has 7 heteroatoms. The van der Waals surface area contributed by atoms with E-state index in [2.05, 4.69) is 44.5 Å². The lowest BCUT2D eigenvalue weighted by atomic mass is 9.98. The van der Waals surface area contributed by atoms with E-state index in [1.165, 1.54) is 5.56 Å². The van der Waals surface area contributed by atoms with Gasteiger partial charge in [-0.25, -0.2) is 4.98 Å². The molecule has 0 atom stereocenters. The van der Waals surface area contributed by atoms with Gasteiger partial charge in [0.2, 0.25) is 0 Å². The van der Waals surface area contributed by atoms with Crippen LogP contribution in [0.25, 0.3) is 11.1 Å². The summed E-state index contributed by atoms with van der Waals surface area (Å²) in [7, 11) is 0. The Kier molecular flexibility index (Phi) is 7.35. The van der Waals surface area contributed by atoms with E-state index in [-0.39, 0.29) is 11.9 Å². The third kappa shape index (κ3) is 5.86. The number of piperazine rings is 1. The van der Waals surface area contributed by atoms with E-state index in [4.69, 9.17) is 4.98 Å². The maximum absolute atomic E-state index is 13.0. The first-order valence-electron chi connectivity index (χ1n) is 12.6. The second kappa shape index (κ2) is 11.0. The molecule has 2 N–H and O–H groups in total. The predicted octanol–water partition coefficient (Wildman–Crippen LogP) is 3.26. The molecule has 35 heavy (non-hydrogen) atoms. The number of piperidine rings is 1. The van der Waals surface area contributed by atoms with Crippen molar-refractivity contribution in [1.29, 1.82) is 0 Å². The van der Waals surface area contributed by atoms with Gasteiger partial charge in [0.1, 0.15) is 5.82 Å². The van der Waals surface area contributed by atoms with Crippen LogP contribution in [0.3, 0.4) is 0 Å². The molecule has 0 saturated carbocycles. The molecule has 182 valence electrons. The molecule has 0 aliphatic carbocycles. The maximum atomic E-state index is 13.0. The van der Waals surface area contributed by atoms with Crippen LogP contribution < -0.4 is 15.5 Å². The molecule has 7 nitrogen and oxygen atoms in total. The first-order chi connectivity index (χ1) is 17.2. The first kappa shape index (κ1) is 23.5. The van der Waals surface area contributed by atoms with Crippen LogP contribution in [0, 0.1) is 6.92 Å². The van der Waals surface area contributed by atoms with Crippen molar-refractivity contribution >= 4 is 11.7 Å². The van der Waals surface area contributed by atoms with Crippen LogP contribution in [0.2, 0.25) is 0 Å². The Bertz CT molecular complexity index is 1120. The fourth-order valence-corrected chi connectivity index (χ4v) is 4.94. The summed E-state index contributed by atoms with van der Waals surface area (Å²) in [5.74, 6) is 1.02. The minimum atomic E-state index is -0.0102. The number of hydrogen-bond acceptors (Lipinski definition) is 6. The average molecular weight is 471 g/mol. The van der Waals surface area contributed by atoms with Crippen molar-refractivity contribution in [3.63, 3.8) is 0 Å². The molecule has 0 radical (unpaired) electrons. The Hall–Kier alpha value is -3.29. The molecular formula is C28H34N6O. The van der Waals surface area contributed by atoms with Gasteiger partial charge in [-0.2, -0.15) is 0 Å².